The maximum Gasteiger partial charge on any atom is 0.170 e. The Balaban J connectivity index is 2.23. The number of carbonyl (C=O) groups is 1. The van der Waals surface area contributed by atoms with Gasteiger partial charge < -0.3 is 0 Å². The standard InChI is InChI=1S/C15H8BrClFN3O/c16-10-3-9(4-11(18)5-10)14-6-12(8-22)20-21(14)13-1-2-19-15(17)7-13/h1-8H. The zero-order chi connectivity index (χ0) is 15.7. The molecular weight excluding hydrogens is 373 g/mol. The van der Waals surface area contributed by atoms with Gasteiger partial charge in [0.25, 0.3) is 0 Å². The Morgan fingerprint density at radius 1 is 1.23 bits per heavy atom. The highest BCUT2D eigenvalue weighted by Crippen LogP contribution is 2.27. The van der Waals surface area contributed by atoms with Crippen molar-refractivity contribution < 1.29 is 9.18 Å². The summed E-state index contributed by atoms with van der Waals surface area (Å²) in [5, 5.41) is 4.50. The van der Waals surface area contributed by atoms with Gasteiger partial charge in [0.15, 0.2) is 6.29 Å². The van der Waals surface area contributed by atoms with Crippen molar-refractivity contribution in [1.29, 1.82) is 0 Å². The van der Waals surface area contributed by atoms with Gasteiger partial charge in [0.2, 0.25) is 0 Å². The van der Waals surface area contributed by atoms with Gasteiger partial charge in [-0.2, -0.15) is 5.10 Å². The second-order valence-corrected chi connectivity index (χ2v) is 5.78. The summed E-state index contributed by atoms with van der Waals surface area (Å²) in [5.74, 6) is -0.391. The van der Waals surface area contributed by atoms with Gasteiger partial charge >= 0.3 is 0 Å². The third-order valence-corrected chi connectivity index (χ3v) is 3.63. The van der Waals surface area contributed by atoms with Crippen LogP contribution < -0.4 is 0 Å². The summed E-state index contributed by atoms with van der Waals surface area (Å²) in [6.07, 6.45) is 2.17. The molecule has 0 aliphatic rings. The molecule has 4 nitrogen and oxygen atoms in total. The minimum Gasteiger partial charge on any atom is -0.296 e. The van der Waals surface area contributed by atoms with Crippen LogP contribution >= 0.6 is 27.5 Å². The Labute approximate surface area is 138 Å². The first kappa shape index (κ1) is 14.9. The molecule has 0 saturated carbocycles. The van der Waals surface area contributed by atoms with Gasteiger partial charge in [0.05, 0.1) is 11.4 Å². The average Bonchev–Trinajstić information content (AvgIpc) is 2.90. The number of carbonyl (C=O) groups excluding carboxylic acids is 1. The molecule has 0 unspecified atom stereocenters. The minimum absolute atomic E-state index is 0.239. The van der Waals surface area contributed by atoms with Crippen LogP contribution in [0.2, 0.25) is 5.15 Å². The van der Waals surface area contributed by atoms with E-state index in [9.17, 15) is 9.18 Å². The van der Waals surface area contributed by atoms with Crippen molar-refractivity contribution in [3.8, 4) is 16.9 Å². The number of halogens is 3. The molecule has 3 aromatic rings. The number of aromatic nitrogens is 3. The van der Waals surface area contributed by atoms with Gasteiger partial charge in [-0.3, -0.25) is 4.79 Å². The highest BCUT2D eigenvalue weighted by atomic mass is 79.9. The number of pyridine rings is 1. The predicted octanol–water partition coefficient (Wildman–Crippen LogP) is 4.30. The highest BCUT2D eigenvalue weighted by molar-refractivity contribution is 9.10. The van der Waals surface area contributed by atoms with Gasteiger partial charge in [0.1, 0.15) is 16.7 Å². The summed E-state index contributed by atoms with van der Waals surface area (Å²) in [4.78, 5) is 14.9. The van der Waals surface area contributed by atoms with Crippen molar-refractivity contribution in [2.75, 3.05) is 0 Å². The Hall–Kier alpha value is -2.05. The molecule has 0 aliphatic heterocycles. The number of benzene rings is 1. The fourth-order valence-corrected chi connectivity index (χ4v) is 2.72. The Kier molecular flexibility index (Phi) is 4.04. The van der Waals surface area contributed by atoms with Crippen LogP contribution in [0.15, 0.2) is 47.1 Å². The first-order chi connectivity index (χ1) is 10.6. The lowest BCUT2D eigenvalue weighted by Crippen LogP contribution is -2.00. The van der Waals surface area contributed by atoms with Crippen LogP contribution in [0.5, 0.6) is 0 Å². The molecule has 0 radical (unpaired) electrons. The topological polar surface area (TPSA) is 47.8 Å². The van der Waals surface area contributed by atoms with Gasteiger partial charge in [-0.25, -0.2) is 14.1 Å². The molecule has 0 bridgehead atoms. The van der Waals surface area contributed by atoms with E-state index in [1.54, 1.807) is 24.3 Å². The number of aldehydes is 1. The monoisotopic (exact) mass is 379 g/mol. The quantitative estimate of drug-likeness (QED) is 0.503. The second kappa shape index (κ2) is 5.98. The van der Waals surface area contributed by atoms with E-state index in [1.165, 1.54) is 23.0 Å². The Morgan fingerprint density at radius 3 is 2.73 bits per heavy atom. The number of hydrogen-bond acceptors (Lipinski definition) is 3. The van der Waals surface area contributed by atoms with Crippen LogP contribution in [0.4, 0.5) is 4.39 Å². The van der Waals surface area contributed by atoms with Crippen molar-refractivity contribution >= 4 is 33.8 Å². The molecule has 0 amide bonds. The first-order valence-electron chi connectivity index (χ1n) is 6.20. The fourth-order valence-electron chi connectivity index (χ4n) is 2.09. The maximum atomic E-state index is 13.6. The smallest absolute Gasteiger partial charge is 0.170 e. The average molecular weight is 381 g/mol. The van der Waals surface area contributed by atoms with Crippen LogP contribution in [0, 0.1) is 5.82 Å². The van der Waals surface area contributed by atoms with Crippen LogP contribution in [-0.4, -0.2) is 21.1 Å². The maximum absolute atomic E-state index is 13.6. The minimum atomic E-state index is -0.391. The van der Waals surface area contributed by atoms with Crippen LogP contribution in [-0.2, 0) is 0 Å². The molecule has 2 heterocycles. The van der Waals surface area contributed by atoms with E-state index in [4.69, 9.17) is 11.6 Å². The van der Waals surface area contributed by atoms with Gasteiger partial charge in [-0.05, 0) is 30.3 Å². The Bertz CT molecular complexity index is 845. The molecule has 0 saturated heterocycles. The van der Waals surface area contributed by atoms with Crippen LogP contribution in [0.3, 0.4) is 0 Å². The third-order valence-electron chi connectivity index (χ3n) is 2.96. The van der Waals surface area contributed by atoms with E-state index in [2.05, 4.69) is 26.0 Å². The summed E-state index contributed by atoms with van der Waals surface area (Å²) < 4.78 is 15.8. The zero-order valence-electron chi connectivity index (χ0n) is 11.0. The molecular formula is C15H8BrClFN3O. The SMILES string of the molecule is O=Cc1cc(-c2cc(F)cc(Br)c2)n(-c2ccnc(Cl)c2)n1. The molecule has 0 spiro atoms. The lowest BCUT2D eigenvalue weighted by Gasteiger charge is -2.08. The van der Waals surface area contributed by atoms with Gasteiger partial charge in [-0.1, -0.05) is 27.5 Å². The van der Waals surface area contributed by atoms with Gasteiger partial charge in [0, 0.05) is 22.3 Å². The molecule has 3 rings (SSSR count). The summed E-state index contributed by atoms with van der Waals surface area (Å²) in [6.45, 7) is 0. The van der Waals surface area contributed by atoms with Crippen molar-refractivity contribution in [3.05, 3.63) is 63.7 Å². The summed E-state index contributed by atoms with van der Waals surface area (Å²) in [6, 6.07) is 9.37. The summed E-state index contributed by atoms with van der Waals surface area (Å²) in [5.41, 5.74) is 2.02. The van der Waals surface area contributed by atoms with E-state index >= 15 is 0 Å². The Morgan fingerprint density at radius 2 is 2.05 bits per heavy atom. The molecule has 2 aromatic heterocycles. The number of nitrogens with zero attached hydrogens (tertiary/aromatic N) is 3. The lowest BCUT2D eigenvalue weighted by atomic mass is 10.1. The molecule has 110 valence electrons. The normalized spacial score (nSPS) is 10.7. The van der Waals surface area contributed by atoms with Crippen LogP contribution in [0.25, 0.3) is 16.9 Å². The predicted molar refractivity (Wildman–Crippen MR) is 84.9 cm³/mol. The van der Waals surface area contributed by atoms with E-state index in [0.717, 1.165) is 0 Å². The van der Waals surface area contributed by atoms with Crippen molar-refractivity contribution in [3.63, 3.8) is 0 Å². The van der Waals surface area contributed by atoms with E-state index in [0.29, 0.717) is 32.9 Å². The molecule has 0 atom stereocenters. The van der Waals surface area contributed by atoms with E-state index in [-0.39, 0.29) is 5.69 Å². The first-order valence-corrected chi connectivity index (χ1v) is 7.37. The van der Waals surface area contributed by atoms with Crippen LogP contribution in [0.1, 0.15) is 10.5 Å². The highest BCUT2D eigenvalue weighted by Gasteiger charge is 2.13. The third kappa shape index (κ3) is 2.93. The van der Waals surface area contributed by atoms with Crippen molar-refractivity contribution in [1.82, 2.24) is 14.8 Å². The van der Waals surface area contributed by atoms with Crippen molar-refractivity contribution in [2.45, 2.75) is 0 Å². The molecule has 22 heavy (non-hydrogen) atoms. The van der Waals surface area contributed by atoms with Gasteiger partial charge in [-0.15, -0.1) is 0 Å². The van der Waals surface area contributed by atoms with Crippen molar-refractivity contribution in [2.24, 2.45) is 0 Å². The molecule has 0 N–H and O–H groups in total. The zero-order valence-corrected chi connectivity index (χ0v) is 13.3. The second-order valence-electron chi connectivity index (χ2n) is 4.48. The molecule has 7 heteroatoms. The summed E-state index contributed by atoms with van der Waals surface area (Å²) in [7, 11) is 0. The van der Waals surface area contributed by atoms with E-state index in [1.807, 2.05) is 0 Å². The lowest BCUT2D eigenvalue weighted by molar-refractivity contribution is 0.111. The summed E-state index contributed by atoms with van der Waals surface area (Å²) >= 11 is 9.15. The largest absolute Gasteiger partial charge is 0.296 e. The van der Waals surface area contributed by atoms with E-state index < -0.39 is 5.82 Å². The molecule has 0 aliphatic carbocycles. The fraction of sp³-hybridized carbons (Fsp3) is 0. The molecule has 1 aromatic carbocycles. The number of rotatable bonds is 3. The molecule has 0 fully saturated rings. The number of hydrogen-bond donors (Lipinski definition) is 0.